The van der Waals surface area contributed by atoms with E-state index in [9.17, 15) is 9.59 Å². The first kappa shape index (κ1) is 15.0. The third-order valence-electron chi connectivity index (χ3n) is 3.77. The third kappa shape index (κ3) is 2.50. The van der Waals surface area contributed by atoms with Crippen LogP contribution in [-0.4, -0.2) is 25.5 Å². The zero-order valence-electron chi connectivity index (χ0n) is 13.2. The molecule has 2 heterocycles. The maximum Gasteiger partial charge on any atom is 0.295 e. The Labute approximate surface area is 132 Å². The molecule has 0 unspecified atom stereocenters. The van der Waals surface area contributed by atoms with Crippen molar-refractivity contribution in [3.8, 4) is 5.69 Å². The Bertz CT molecular complexity index is 967. The molecule has 0 atom stereocenters. The number of primary amides is 1. The summed E-state index contributed by atoms with van der Waals surface area (Å²) in [6.45, 7) is 5.42. The first-order chi connectivity index (χ1) is 10.9. The summed E-state index contributed by atoms with van der Waals surface area (Å²) in [5.41, 5.74) is 8.51. The van der Waals surface area contributed by atoms with Crippen LogP contribution in [0, 0.1) is 20.8 Å². The molecule has 0 aliphatic rings. The van der Waals surface area contributed by atoms with E-state index in [-0.39, 0.29) is 12.1 Å². The largest absolute Gasteiger partial charge is 0.368 e. The molecule has 0 saturated heterocycles. The Morgan fingerprint density at radius 2 is 1.78 bits per heavy atom. The van der Waals surface area contributed by atoms with Crippen LogP contribution in [0.3, 0.4) is 0 Å². The molecule has 7 heteroatoms. The van der Waals surface area contributed by atoms with Crippen molar-refractivity contribution < 1.29 is 4.79 Å². The van der Waals surface area contributed by atoms with Gasteiger partial charge in [0.1, 0.15) is 6.54 Å². The van der Waals surface area contributed by atoms with E-state index < -0.39 is 11.5 Å². The number of aryl methyl sites for hydroxylation is 3. The average Bonchev–Trinajstić information content (AvgIpc) is 2.83. The van der Waals surface area contributed by atoms with Crippen LogP contribution < -0.4 is 11.3 Å². The molecule has 0 aliphatic carbocycles. The molecule has 23 heavy (non-hydrogen) atoms. The Balaban J connectivity index is 2.27. The molecule has 3 aromatic rings. The monoisotopic (exact) mass is 311 g/mol. The van der Waals surface area contributed by atoms with Crippen LogP contribution in [-0.2, 0) is 11.3 Å². The van der Waals surface area contributed by atoms with Gasteiger partial charge >= 0.3 is 0 Å². The van der Waals surface area contributed by atoms with E-state index in [1.54, 1.807) is 11.6 Å². The lowest BCUT2D eigenvalue weighted by Crippen LogP contribution is -2.30. The summed E-state index contributed by atoms with van der Waals surface area (Å²) in [7, 11) is 0. The zero-order chi connectivity index (χ0) is 16.7. The fourth-order valence-electron chi connectivity index (χ4n) is 2.68. The Kier molecular flexibility index (Phi) is 3.48. The van der Waals surface area contributed by atoms with Gasteiger partial charge in [-0.05, 0) is 32.9 Å². The maximum atomic E-state index is 12.5. The topological polar surface area (TPSA) is 95.8 Å². The van der Waals surface area contributed by atoms with Crippen molar-refractivity contribution in [2.45, 2.75) is 27.3 Å². The molecule has 2 aromatic heterocycles. The lowest BCUT2D eigenvalue weighted by atomic mass is 10.2. The predicted molar refractivity (Wildman–Crippen MR) is 86.5 cm³/mol. The second-order valence-corrected chi connectivity index (χ2v) is 5.57. The first-order valence-corrected chi connectivity index (χ1v) is 7.21. The van der Waals surface area contributed by atoms with Crippen molar-refractivity contribution in [2.24, 2.45) is 5.73 Å². The van der Waals surface area contributed by atoms with E-state index in [0.717, 1.165) is 21.6 Å². The highest BCUT2D eigenvalue weighted by Gasteiger charge is 2.17. The number of benzene rings is 1. The molecule has 0 bridgehead atoms. The normalized spacial score (nSPS) is 11.1. The van der Waals surface area contributed by atoms with Gasteiger partial charge in [-0.15, -0.1) is 0 Å². The number of amides is 1. The van der Waals surface area contributed by atoms with E-state index in [4.69, 9.17) is 5.73 Å². The summed E-state index contributed by atoms with van der Waals surface area (Å²) in [6, 6.07) is 7.85. The number of hydrogen-bond donors (Lipinski definition) is 1. The molecular formula is C16H17N5O2. The van der Waals surface area contributed by atoms with Crippen molar-refractivity contribution in [1.29, 1.82) is 0 Å². The van der Waals surface area contributed by atoms with E-state index in [1.807, 2.05) is 38.1 Å². The Hall–Kier alpha value is -2.96. The number of fused-ring (bicyclic) bond motifs is 1. The molecule has 1 amide bonds. The van der Waals surface area contributed by atoms with Crippen molar-refractivity contribution in [3.05, 3.63) is 51.6 Å². The lowest BCUT2D eigenvalue weighted by Gasteiger charge is -2.05. The minimum atomic E-state index is -0.618. The fraction of sp³-hybridized carbons (Fsp3) is 0.250. The average molecular weight is 311 g/mol. The molecule has 3 rings (SSSR count). The third-order valence-corrected chi connectivity index (χ3v) is 3.77. The van der Waals surface area contributed by atoms with Crippen LogP contribution in [0.15, 0.2) is 29.1 Å². The molecule has 0 spiro atoms. The molecule has 2 N–H and O–H groups in total. The summed E-state index contributed by atoms with van der Waals surface area (Å²) in [4.78, 5) is 23.6. The minimum Gasteiger partial charge on any atom is -0.368 e. The van der Waals surface area contributed by atoms with Crippen molar-refractivity contribution in [2.75, 3.05) is 0 Å². The predicted octanol–water partition coefficient (Wildman–Crippen LogP) is 0.993. The van der Waals surface area contributed by atoms with Crippen LogP contribution >= 0.6 is 0 Å². The Morgan fingerprint density at radius 3 is 2.39 bits per heavy atom. The first-order valence-electron chi connectivity index (χ1n) is 7.21. The lowest BCUT2D eigenvalue weighted by molar-refractivity contribution is -0.118. The van der Waals surface area contributed by atoms with Gasteiger partial charge in [-0.3, -0.25) is 9.59 Å². The SMILES string of the molecule is Cc1ccc(-n2nc3c(=O)n(CC(N)=O)nc(C)c3c2C)cc1. The molecule has 0 saturated carbocycles. The minimum absolute atomic E-state index is 0.258. The molecular weight excluding hydrogens is 294 g/mol. The number of nitrogens with two attached hydrogens (primary N) is 1. The van der Waals surface area contributed by atoms with Crippen LogP contribution in [0.2, 0.25) is 0 Å². The van der Waals surface area contributed by atoms with Gasteiger partial charge in [-0.1, -0.05) is 17.7 Å². The van der Waals surface area contributed by atoms with Gasteiger partial charge in [0.2, 0.25) is 5.91 Å². The number of nitrogens with zero attached hydrogens (tertiary/aromatic N) is 4. The van der Waals surface area contributed by atoms with Crippen LogP contribution in [0.4, 0.5) is 0 Å². The zero-order valence-corrected chi connectivity index (χ0v) is 13.2. The standard InChI is InChI=1S/C16H17N5O2/c1-9-4-6-12(7-5-9)21-11(3)14-10(2)18-20(8-13(17)22)16(23)15(14)19-21/h4-7H,8H2,1-3H3,(H2,17,22). The summed E-state index contributed by atoms with van der Waals surface area (Å²) in [5.74, 6) is -0.618. The van der Waals surface area contributed by atoms with Crippen LogP contribution in [0.5, 0.6) is 0 Å². The second kappa shape index (κ2) is 5.35. The molecule has 7 nitrogen and oxygen atoms in total. The van der Waals surface area contributed by atoms with Crippen molar-refractivity contribution in [3.63, 3.8) is 0 Å². The number of rotatable bonds is 3. The second-order valence-electron chi connectivity index (χ2n) is 5.57. The van der Waals surface area contributed by atoms with Gasteiger partial charge in [-0.2, -0.15) is 10.2 Å². The van der Waals surface area contributed by atoms with E-state index in [0.29, 0.717) is 11.1 Å². The number of hydrogen-bond acceptors (Lipinski definition) is 4. The summed E-state index contributed by atoms with van der Waals surface area (Å²) >= 11 is 0. The number of carbonyl (C=O) groups excluding carboxylic acids is 1. The molecule has 118 valence electrons. The summed E-state index contributed by atoms with van der Waals surface area (Å²) in [5, 5.41) is 9.31. The van der Waals surface area contributed by atoms with Crippen molar-refractivity contribution >= 4 is 16.8 Å². The van der Waals surface area contributed by atoms with Gasteiger partial charge in [0.15, 0.2) is 5.52 Å². The van der Waals surface area contributed by atoms with Gasteiger partial charge in [0, 0.05) is 0 Å². The van der Waals surface area contributed by atoms with Crippen LogP contribution in [0.25, 0.3) is 16.6 Å². The highest BCUT2D eigenvalue weighted by atomic mass is 16.2. The summed E-state index contributed by atoms with van der Waals surface area (Å²) in [6.07, 6.45) is 0. The van der Waals surface area contributed by atoms with Gasteiger partial charge < -0.3 is 5.73 Å². The quantitative estimate of drug-likeness (QED) is 0.780. The van der Waals surface area contributed by atoms with Gasteiger partial charge in [0.25, 0.3) is 5.56 Å². The number of aromatic nitrogens is 4. The van der Waals surface area contributed by atoms with E-state index in [2.05, 4.69) is 10.2 Å². The molecule has 0 radical (unpaired) electrons. The highest BCUT2D eigenvalue weighted by molar-refractivity contribution is 5.83. The highest BCUT2D eigenvalue weighted by Crippen LogP contribution is 2.21. The van der Waals surface area contributed by atoms with Crippen LogP contribution in [0.1, 0.15) is 17.0 Å². The summed E-state index contributed by atoms with van der Waals surface area (Å²) < 4.78 is 2.78. The Morgan fingerprint density at radius 1 is 1.13 bits per heavy atom. The smallest absolute Gasteiger partial charge is 0.295 e. The van der Waals surface area contributed by atoms with Crippen molar-refractivity contribution in [1.82, 2.24) is 19.6 Å². The van der Waals surface area contributed by atoms with E-state index in [1.165, 1.54) is 0 Å². The molecule has 0 aliphatic heterocycles. The fourth-order valence-corrected chi connectivity index (χ4v) is 2.68. The maximum absolute atomic E-state index is 12.5. The number of carbonyl (C=O) groups is 1. The van der Waals surface area contributed by atoms with Gasteiger partial charge in [0.05, 0.1) is 22.5 Å². The molecule has 1 aromatic carbocycles. The van der Waals surface area contributed by atoms with E-state index >= 15 is 0 Å². The molecule has 0 fully saturated rings. The van der Waals surface area contributed by atoms with Gasteiger partial charge in [-0.25, -0.2) is 9.36 Å².